The minimum Gasteiger partial charge on any atom is -0.612 e. The molecule has 1 unspecified atom stereocenters. The van der Waals surface area contributed by atoms with E-state index in [4.69, 9.17) is 11.6 Å². The molecular weight excluding hydrogens is 246 g/mol. The lowest BCUT2D eigenvalue weighted by molar-refractivity contribution is 0.263. The topological polar surface area (TPSA) is 43.4 Å². The summed E-state index contributed by atoms with van der Waals surface area (Å²) in [6.07, 6.45) is 1.61. The van der Waals surface area contributed by atoms with Crippen LogP contribution in [0.5, 0.6) is 0 Å². The number of hydrogen-bond acceptors (Lipinski definition) is 2. The minimum atomic E-state index is -1.01. The number of amides is 1. The van der Waals surface area contributed by atoms with E-state index in [1.165, 1.54) is 4.90 Å². The van der Waals surface area contributed by atoms with Gasteiger partial charge in [-0.05, 0) is 60.9 Å². The van der Waals surface area contributed by atoms with Gasteiger partial charge in [-0.1, -0.05) is 0 Å². The highest BCUT2D eigenvalue weighted by atomic mass is 35.5. The smallest absolute Gasteiger partial charge is 0.321 e. The van der Waals surface area contributed by atoms with Crippen LogP contribution in [0.25, 0.3) is 0 Å². The Morgan fingerprint density at radius 1 is 1.38 bits per heavy atom. The lowest BCUT2D eigenvalue weighted by Crippen LogP contribution is -2.32. The number of nitrogens with zero attached hydrogens (tertiary/aromatic N) is 1. The summed E-state index contributed by atoms with van der Waals surface area (Å²) < 4.78 is 11.2. The maximum Gasteiger partial charge on any atom is 0.321 e. The molecular formula is C11H14ClNO2S. The van der Waals surface area contributed by atoms with Crippen molar-refractivity contribution in [3.05, 3.63) is 24.3 Å². The van der Waals surface area contributed by atoms with Gasteiger partial charge in [0.25, 0.3) is 0 Å². The second kappa shape index (κ2) is 5.57. The van der Waals surface area contributed by atoms with Crippen molar-refractivity contribution in [2.75, 3.05) is 11.2 Å². The lowest BCUT2D eigenvalue weighted by Gasteiger charge is -2.24. The maximum atomic E-state index is 11.2. The van der Waals surface area contributed by atoms with Crippen molar-refractivity contribution >= 4 is 33.8 Å². The van der Waals surface area contributed by atoms with Gasteiger partial charge >= 0.3 is 5.37 Å². The van der Waals surface area contributed by atoms with Crippen LogP contribution >= 0.6 is 11.6 Å². The first-order chi connectivity index (χ1) is 7.43. The van der Waals surface area contributed by atoms with Crippen LogP contribution < -0.4 is 4.90 Å². The summed E-state index contributed by atoms with van der Waals surface area (Å²) in [4.78, 5) is 13.4. The molecule has 0 aliphatic carbocycles. The molecule has 1 aromatic rings. The highest BCUT2D eigenvalue weighted by molar-refractivity contribution is 7.90. The van der Waals surface area contributed by atoms with E-state index >= 15 is 0 Å². The van der Waals surface area contributed by atoms with Crippen molar-refractivity contribution in [1.29, 1.82) is 0 Å². The van der Waals surface area contributed by atoms with E-state index in [1.54, 1.807) is 30.5 Å². The van der Waals surface area contributed by atoms with Gasteiger partial charge in [0.15, 0.2) is 4.90 Å². The molecule has 0 saturated carbocycles. The third kappa shape index (κ3) is 3.14. The molecule has 0 bridgehead atoms. The highest BCUT2D eigenvalue weighted by Gasteiger charge is 2.17. The second-order valence-electron chi connectivity index (χ2n) is 3.66. The summed E-state index contributed by atoms with van der Waals surface area (Å²) in [5.41, 5.74) is 0.712. The highest BCUT2D eigenvalue weighted by Crippen LogP contribution is 2.21. The number of anilines is 1. The van der Waals surface area contributed by atoms with Gasteiger partial charge in [-0.2, -0.15) is 0 Å². The second-order valence-corrected chi connectivity index (χ2v) is 5.37. The molecule has 16 heavy (non-hydrogen) atoms. The zero-order valence-electron chi connectivity index (χ0n) is 9.44. The number of hydrogen-bond donors (Lipinski definition) is 0. The summed E-state index contributed by atoms with van der Waals surface area (Å²) in [5.74, 6) is 0. The first-order valence-corrected chi connectivity index (χ1v) is 6.79. The van der Waals surface area contributed by atoms with Crippen LogP contribution in [0.15, 0.2) is 29.2 Å². The van der Waals surface area contributed by atoms with E-state index in [-0.39, 0.29) is 6.04 Å². The van der Waals surface area contributed by atoms with Crippen molar-refractivity contribution in [1.82, 2.24) is 0 Å². The normalized spacial score (nSPS) is 12.6. The molecule has 0 fully saturated rings. The fourth-order valence-corrected chi connectivity index (χ4v) is 2.21. The Balaban J connectivity index is 2.99. The molecule has 1 atom stereocenters. The predicted octanol–water partition coefficient (Wildman–Crippen LogP) is 3.00. The fourth-order valence-electron chi connectivity index (χ4n) is 1.40. The van der Waals surface area contributed by atoms with E-state index < -0.39 is 16.5 Å². The molecule has 0 heterocycles. The quantitative estimate of drug-likeness (QED) is 0.476. The summed E-state index contributed by atoms with van der Waals surface area (Å²) in [6.45, 7) is 3.76. The number of benzene rings is 1. The van der Waals surface area contributed by atoms with E-state index in [9.17, 15) is 9.35 Å². The third-order valence-electron chi connectivity index (χ3n) is 2.15. The van der Waals surface area contributed by atoms with Crippen LogP contribution in [0.3, 0.4) is 0 Å². The standard InChI is InChI=1S/C11H14ClNO2S/c1-8(2)13(11(12)14)9-4-6-10(7-5-9)16(3)15/h4-8H,1-3H3. The van der Waals surface area contributed by atoms with E-state index in [0.29, 0.717) is 5.69 Å². The third-order valence-corrected chi connectivity index (χ3v) is 3.27. The molecule has 1 aromatic carbocycles. The zero-order chi connectivity index (χ0) is 12.3. The van der Waals surface area contributed by atoms with Gasteiger partial charge in [0.2, 0.25) is 0 Å². The SMILES string of the molecule is CC(C)N(C(=O)Cl)c1ccc([S+](C)[O-])cc1. The van der Waals surface area contributed by atoms with Gasteiger partial charge in [-0.25, -0.2) is 0 Å². The van der Waals surface area contributed by atoms with Gasteiger partial charge in [0, 0.05) is 11.7 Å². The van der Waals surface area contributed by atoms with Crippen LogP contribution in [-0.2, 0) is 11.2 Å². The lowest BCUT2D eigenvalue weighted by atomic mass is 10.2. The van der Waals surface area contributed by atoms with E-state index in [2.05, 4.69) is 0 Å². The van der Waals surface area contributed by atoms with Crippen LogP contribution in [-0.4, -0.2) is 22.2 Å². The molecule has 88 valence electrons. The average Bonchev–Trinajstić information content (AvgIpc) is 2.17. The molecule has 0 aromatic heterocycles. The first-order valence-electron chi connectivity index (χ1n) is 4.85. The van der Waals surface area contributed by atoms with Crippen molar-refractivity contribution < 1.29 is 9.35 Å². The van der Waals surface area contributed by atoms with Gasteiger partial charge in [0.05, 0.1) is 0 Å². The summed E-state index contributed by atoms with van der Waals surface area (Å²) in [5, 5.41) is -0.514. The minimum absolute atomic E-state index is 0.0111. The number of rotatable bonds is 3. The molecule has 0 saturated heterocycles. The molecule has 5 heteroatoms. The number of carbonyl (C=O) groups is 1. The Bertz CT molecular complexity index is 365. The molecule has 1 amide bonds. The Kier molecular flexibility index (Phi) is 4.65. The largest absolute Gasteiger partial charge is 0.612 e. The van der Waals surface area contributed by atoms with Gasteiger partial charge in [0.1, 0.15) is 6.26 Å². The van der Waals surface area contributed by atoms with Crippen LogP contribution in [0.1, 0.15) is 13.8 Å². The summed E-state index contributed by atoms with van der Waals surface area (Å²) >= 11 is 4.49. The summed E-state index contributed by atoms with van der Waals surface area (Å²) in [7, 11) is 0. The molecule has 1 rings (SSSR count). The molecule has 0 N–H and O–H groups in total. The molecule has 3 nitrogen and oxygen atoms in total. The molecule has 0 radical (unpaired) electrons. The average molecular weight is 260 g/mol. The summed E-state index contributed by atoms with van der Waals surface area (Å²) in [6, 6.07) is 6.96. The van der Waals surface area contributed by atoms with Crippen molar-refractivity contribution in [3.63, 3.8) is 0 Å². The monoisotopic (exact) mass is 259 g/mol. The van der Waals surface area contributed by atoms with Crippen LogP contribution in [0, 0.1) is 0 Å². The first kappa shape index (κ1) is 13.4. The Hall–Kier alpha value is -0.710. The Labute approximate surface area is 104 Å². The number of carbonyl (C=O) groups excluding carboxylic acids is 1. The molecule has 0 spiro atoms. The fraction of sp³-hybridized carbons (Fsp3) is 0.364. The zero-order valence-corrected chi connectivity index (χ0v) is 11.0. The Morgan fingerprint density at radius 2 is 1.88 bits per heavy atom. The van der Waals surface area contributed by atoms with Gasteiger partial charge in [-0.3, -0.25) is 9.69 Å². The predicted molar refractivity (Wildman–Crippen MR) is 67.6 cm³/mol. The molecule has 0 aliphatic heterocycles. The maximum absolute atomic E-state index is 11.2. The van der Waals surface area contributed by atoms with E-state index in [0.717, 1.165) is 4.90 Å². The van der Waals surface area contributed by atoms with Crippen LogP contribution in [0.2, 0.25) is 0 Å². The number of halogens is 1. The Morgan fingerprint density at radius 3 is 2.19 bits per heavy atom. The van der Waals surface area contributed by atoms with Gasteiger partial charge in [-0.15, -0.1) is 0 Å². The van der Waals surface area contributed by atoms with Crippen LogP contribution in [0.4, 0.5) is 10.5 Å². The molecule has 0 aliphatic rings. The van der Waals surface area contributed by atoms with Crippen molar-refractivity contribution in [2.24, 2.45) is 0 Å². The van der Waals surface area contributed by atoms with Gasteiger partial charge < -0.3 is 4.55 Å². The van der Waals surface area contributed by atoms with Crippen molar-refractivity contribution in [2.45, 2.75) is 24.8 Å². The van der Waals surface area contributed by atoms with Crippen molar-refractivity contribution in [3.8, 4) is 0 Å². The van der Waals surface area contributed by atoms with E-state index in [1.807, 2.05) is 13.8 Å².